The molecule has 0 bridgehead atoms. The van der Waals surface area contributed by atoms with Crippen LogP contribution < -0.4 is 15.4 Å². The van der Waals surface area contributed by atoms with Gasteiger partial charge in [-0.05, 0) is 93.9 Å². The molecule has 1 aliphatic rings. The number of piperidine rings is 1. The number of carbonyl (C=O) groups is 2. The maximum Gasteiger partial charge on any atom is 0.243 e. The fraction of sp³-hybridized carbons (Fsp3) is 0.611. The first-order valence-corrected chi connectivity index (χ1v) is 16.4. The van der Waals surface area contributed by atoms with Gasteiger partial charge in [-0.15, -0.1) is 0 Å². The second-order valence-corrected chi connectivity index (χ2v) is 13.1. The Balaban J connectivity index is 1.73. The number of likely N-dealkylation sites (N-methyl/N-ethyl adjacent to an activating group) is 1. The average Bonchev–Trinajstić information content (AvgIpc) is 2.98. The molecular weight excluding hydrogens is 536 g/mol. The lowest BCUT2D eigenvalue weighted by molar-refractivity contribution is -0.132. The summed E-state index contributed by atoms with van der Waals surface area (Å²) in [5, 5.41) is 6.49. The molecule has 1 heterocycles. The molecule has 43 heavy (non-hydrogen) atoms. The summed E-state index contributed by atoms with van der Waals surface area (Å²) in [4.78, 5) is 32.2. The largest absolute Gasteiger partial charge is 0.489 e. The molecule has 1 aliphatic heterocycles. The van der Waals surface area contributed by atoms with E-state index in [0.29, 0.717) is 24.9 Å². The summed E-state index contributed by atoms with van der Waals surface area (Å²) in [6.07, 6.45) is 5.34. The summed E-state index contributed by atoms with van der Waals surface area (Å²) in [5.74, 6) is 1.53. The third kappa shape index (κ3) is 12.3. The molecular formula is C36H56N4O3. The van der Waals surface area contributed by atoms with Gasteiger partial charge in [0.15, 0.2) is 0 Å². The van der Waals surface area contributed by atoms with E-state index in [1.807, 2.05) is 61.6 Å². The standard InChI is InChI=1S/C36H56N4O3/c1-7-20-40-21-11-14-31(25-40)37-35(41)33(38-36(42)34(23-28(4)5)39(6)22-19-27(2)3)24-29-15-17-32(18-16-29)43-26-30-12-9-8-10-13-30/h8-10,12-13,15-18,27-28,31,33-34H,7,11,14,19-26H2,1-6H3,(H,37,41)(H,38,42)/t31?,33-,34-/m0/s1. The normalized spacial score (nSPS) is 17.2. The Kier molecular flexibility index (Phi) is 14.5. The number of amides is 2. The Labute approximate surface area is 260 Å². The van der Waals surface area contributed by atoms with Crippen LogP contribution in [0.1, 0.15) is 77.8 Å². The van der Waals surface area contributed by atoms with Gasteiger partial charge in [0.1, 0.15) is 18.4 Å². The number of nitrogens with zero attached hydrogens (tertiary/aromatic N) is 2. The smallest absolute Gasteiger partial charge is 0.243 e. The summed E-state index contributed by atoms with van der Waals surface area (Å²) in [6, 6.07) is 17.1. The molecule has 7 heteroatoms. The third-order valence-corrected chi connectivity index (χ3v) is 8.22. The van der Waals surface area contributed by atoms with E-state index < -0.39 is 6.04 Å². The van der Waals surface area contributed by atoms with Crippen molar-refractivity contribution in [1.29, 1.82) is 0 Å². The van der Waals surface area contributed by atoms with Gasteiger partial charge in [-0.25, -0.2) is 0 Å². The molecule has 7 nitrogen and oxygen atoms in total. The zero-order valence-electron chi connectivity index (χ0n) is 27.5. The first-order chi connectivity index (χ1) is 20.6. The van der Waals surface area contributed by atoms with Crippen molar-refractivity contribution >= 4 is 11.8 Å². The predicted octanol–water partition coefficient (Wildman–Crippen LogP) is 5.68. The van der Waals surface area contributed by atoms with Crippen molar-refractivity contribution in [2.24, 2.45) is 11.8 Å². The molecule has 2 N–H and O–H groups in total. The highest BCUT2D eigenvalue weighted by molar-refractivity contribution is 5.90. The van der Waals surface area contributed by atoms with Gasteiger partial charge >= 0.3 is 0 Å². The Morgan fingerprint density at radius 3 is 2.35 bits per heavy atom. The van der Waals surface area contributed by atoms with Crippen LogP contribution >= 0.6 is 0 Å². The van der Waals surface area contributed by atoms with Crippen molar-refractivity contribution in [3.05, 3.63) is 65.7 Å². The summed E-state index contributed by atoms with van der Waals surface area (Å²) in [6.45, 7) is 15.2. The molecule has 0 aliphatic carbocycles. The monoisotopic (exact) mass is 592 g/mol. The zero-order valence-corrected chi connectivity index (χ0v) is 27.5. The van der Waals surface area contributed by atoms with E-state index in [-0.39, 0.29) is 23.9 Å². The highest BCUT2D eigenvalue weighted by atomic mass is 16.5. The van der Waals surface area contributed by atoms with Crippen LogP contribution in [-0.2, 0) is 22.6 Å². The van der Waals surface area contributed by atoms with Crippen molar-refractivity contribution in [2.75, 3.05) is 33.2 Å². The van der Waals surface area contributed by atoms with Gasteiger partial charge < -0.3 is 20.3 Å². The van der Waals surface area contributed by atoms with E-state index in [1.165, 1.54) is 0 Å². The van der Waals surface area contributed by atoms with Gasteiger partial charge in [-0.2, -0.15) is 0 Å². The first-order valence-electron chi connectivity index (χ1n) is 16.4. The molecule has 1 fully saturated rings. The summed E-state index contributed by atoms with van der Waals surface area (Å²) in [5.41, 5.74) is 2.10. The number of likely N-dealkylation sites (tertiary alicyclic amines) is 1. The van der Waals surface area contributed by atoms with Crippen molar-refractivity contribution in [2.45, 2.75) is 97.9 Å². The number of benzene rings is 2. The van der Waals surface area contributed by atoms with Gasteiger partial charge in [0, 0.05) is 19.0 Å². The van der Waals surface area contributed by atoms with Crippen LogP contribution in [0, 0.1) is 11.8 Å². The Morgan fingerprint density at radius 1 is 0.977 bits per heavy atom. The van der Waals surface area contributed by atoms with E-state index in [1.54, 1.807) is 0 Å². The van der Waals surface area contributed by atoms with Crippen molar-refractivity contribution in [3.8, 4) is 5.75 Å². The van der Waals surface area contributed by atoms with Crippen LogP contribution in [0.25, 0.3) is 0 Å². The van der Waals surface area contributed by atoms with Crippen LogP contribution in [-0.4, -0.2) is 73.0 Å². The Hall–Kier alpha value is -2.90. The van der Waals surface area contributed by atoms with Crippen LogP contribution in [0.5, 0.6) is 5.75 Å². The van der Waals surface area contributed by atoms with Gasteiger partial charge in [-0.1, -0.05) is 77.1 Å². The summed E-state index contributed by atoms with van der Waals surface area (Å²) >= 11 is 0. The summed E-state index contributed by atoms with van der Waals surface area (Å²) < 4.78 is 5.97. The Bertz CT molecular complexity index is 1090. The second kappa shape index (κ2) is 18.0. The van der Waals surface area contributed by atoms with Crippen LogP contribution in [0.2, 0.25) is 0 Å². The van der Waals surface area contributed by atoms with Gasteiger partial charge in [0.2, 0.25) is 11.8 Å². The molecule has 1 unspecified atom stereocenters. The lowest BCUT2D eigenvalue weighted by atomic mass is 9.99. The average molecular weight is 593 g/mol. The lowest BCUT2D eigenvalue weighted by Crippen LogP contribution is -2.57. The summed E-state index contributed by atoms with van der Waals surface area (Å²) in [7, 11) is 2.03. The van der Waals surface area contributed by atoms with E-state index in [2.05, 4.69) is 55.1 Å². The SMILES string of the molecule is CCCN1CCCC(NC(=O)[C@H](Cc2ccc(OCc3ccccc3)cc2)NC(=O)[C@H](CC(C)C)N(C)CCC(C)C)C1. The maximum absolute atomic E-state index is 13.8. The number of hydrogen-bond acceptors (Lipinski definition) is 5. The number of ether oxygens (including phenoxy) is 1. The lowest BCUT2D eigenvalue weighted by Gasteiger charge is -2.34. The zero-order chi connectivity index (χ0) is 31.2. The maximum atomic E-state index is 13.8. The first kappa shape index (κ1) is 34.6. The topological polar surface area (TPSA) is 73.9 Å². The fourth-order valence-corrected chi connectivity index (χ4v) is 5.72. The molecule has 2 aromatic carbocycles. The number of rotatable bonds is 17. The van der Waals surface area contributed by atoms with Crippen molar-refractivity contribution < 1.29 is 14.3 Å². The van der Waals surface area contributed by atoms with E-state index in [9.17, 15) is 9.59 Å². The minimum atomic E-state index is -0.654. The minimum Gasteiger partial charge on any atom is -0.489 e. The van der Waals surface area contributed by atoms with Crippen molar-refractivity contribution in [3.63, 3.8) is 0 Å². The molecule has 3 rings (SSSR count). The Morgan fingerprint density at radius 2 is 1.70 bits per heavy atom. The van der Waals surface area contributed by atoms with E-state index >= 15 is 0 Å². The van der Waals surface area contributed by atoms with E-state index in [4.69, 9.17) is 4.74 Å². The minimum absolute atomic E-state index is 0.0702. The molecule has 2 amide bonds. The predicted molar refractivity (Wildman–Crippen MR) is 176 cm³/mol. The molecule has 0 radical (unpaired) electrons. The molecule has 1 saturated heterocycles. The van der Waals surface area contributed by atoms with Crippen molar-refractivity contribution in [1.82, 2.24) is 20.4 Å². The highest BCUT2D eigenvalue weighted by Crippen LogP contribution is 2.18. The van der Waals surface area contributed by atoms with Crippen LogP contribution in [0.15, 0.2) is 54.6 Å². The second-order valence-electron chi connectivity index (χ2n) is 13.1. The quantitative estimate of drug-likeness (QED) is 0.247. The number of carbonyl (C=O) groups excluding carboxylic acids is 2. The molecule has 238 valence electrons. The molecule has 0 aromatic heterocycles. The third-order valence-electron chi connectivity index (χ3n) is 8.22. The van der Waals surface area contributed by atoms with Gasteiger partial charge in [0.05, 0.1) is 6.04 Å². The molecule has 3 atom stereocenters. The van der Waals surface area contributed by atoms with Crippen LogP contribution in [0.3, 0.4) is 0 Å². The number of nitrogens with one attached hydrogen (secondary N) is 2. The highest BCUT2D eigenvalue weighted by Gasteiger charge is 2.30. The number of hydrogen-bond donors (Lipinski definition) is 2. The van der Waals surface area contributed by atoms with Gasteiger partial charge in [-0.3, -0.25) is 14.5 Å². The van der Waals surface area contributed by atoms with Gasteiger partial charge in [0.25, 0.3) is 0 Å². The molecule has 0 spiro atoms. The molecule has 2 aromatic rings. The van der Waals surface area contributed by atoms with Crippen LogP contribution in [0.4, 0.5) is 0 Å². The fourth-order valence-electron chi connectivity index (χ4n) is 5.72. The van der Waals surface area contributed by atoms with E-state index in [0.717, 1.165) is 75.2 Å². The molecule has 0 saturated carbocycles.